The molecule has 0 aliphatic heterocycles. The van der Waals surface area contributed by atoms with Crippen LogP contribution in [-0.2, 0) is 0 Å². The van der Waals surface area contributed by atoms with Crippen molar-refractivity contribution in [3.05, 3.63) is 57.9 Å². The fraction of sp³-hybridized carbons (Fsp3) is 0.261. The lowest BCUT2D eigenvalue weighted by Crippen LogP contribution is -2.20. The van der Waals surface area contributed by atoms with Gasteiger partial charge in [0.2, 0.25) is 5.75 Å². The molecule has 32 heavy (non-hydrogen) atoms. The molecule has 1 amide bonds. The molecule has 9 heteroatoms. The smallest absolute Gasteiger partial charge is 0.349 e. The van der Waals surface area contributed by atoms with E-state index in [1.165, 1.54) is 30.3 Å². The number of esters is 1. The van der Waals surface area contributed by atoms with Crippen molar-refractivity contribution in [3.63, 3.8) is 0 Å². The Kier molecular flexibility index (Phi) is 6.99. The highest BCUT2D eigenvalue weighted by Gasteiger charge is 2.20. The number of primary amides is 1. The highest BCUT2D eigenvalue weighted by molar-refractivity contribution is 5.96. The average molecular weight is 441 g/mol. The van der Waals surface area contributed by atoms with Crippen molar-refractivity contribution in [3.8, 4) is 23.0 Å². The highest BCUT2D eigenvalue weighted by atomic mass is 16.5. The van der Waals surface area contributed by atoms with Crippen molar-refractivity contribution < 1.29 is 33.0 Å². The summed E-state index contributed by atoms with van der Waals surface area (Å²) in [6, 6.07) is 8.78. The number of carbonyl (C=O) groups excluding carboxylic acids is 2. The number of benzene rings is 2. The van der Waals surface area contributed by atoms with E-state index < -0.39 is 17.5 Å². The van der Waals surface area contributed by atoms with Gasteiger partial charge in [-0.25, -0.2) is 9.59 Å². The van der Waals surface area contributed by atoms with Crippen LogP contribution in [0.5, 0.6) is 23.0 Å². The number of rotatable bonds is 9. The lowest BCUT2D eigenvalue weighted by molar-refractivity contribution is 0.0733. The standard InChI is InChI=1S/C23H23NO8/c1-4-28-18-10-14(11-19(29-5-2)20(18)30-6-3)22(26)31-15-8-7-13-9-16(21(24)25)23(27)32-17(13)12-15/h7-12H,4-6H2,1-3H3,(H2,24,25). The number of nitrogens with two attached hydrogens (primary N) is 1. The van der Waals surface area contributed by atoms with Gasteiger partial charge in [0.15, 0.2) is 11.5 Å². The number of fused-ring (bicyclic) bond motifs is 1. The van der Waals surface area contributed by atoms with Gasteiger partial charge in [0, 0.05) is 11.5 Å². The first kappa shape index (κ1) is 22.7. The summed E-state index contributed by atoms with van der Waals surface area (Å²) in [6.45, 7) is 6.57. The number of carbonyl (C=O) groups is 2. The van der Waals surface area contributed by atoms with E-state index in [0.717, 1.165) is 0 Å². The fourth-order valence-electron chi connectivity index (χ4n) is 3.00. The summed E-state index contributed by atoms with van der Waals surface area (Å²) in [5, 5.41) is 0.455. The summed E-state index contributed by atoms with van der Waals surface area (Å²) >= 11 is 0. The fourth-order valence-corrected chi connectivity index (χ4v) is 3.00. The van der Waals surface area contributed by atoms with Gasteiger partial charge in [-0.05, 0) is 51.1 Å². The third-order valence-corrected chi connectivity index (χ3v) is 4.33. The third kappa shape index (κ3) is 4.83. The Morgan fingerprint density at radius 1 is 0.906 bits per heavy atom. The monoisotopic (exact) mass is 441 g/mol. The second-order valence-corrected chi connectivity index (χ2v) is 6.50. The van der Waals surface area contributed by atoms with E-state index in [1.54, 1.807) is 6.07 Å². The van der Waals surface area contributed by atoms with Gasteiger partial charge in [0.05, 0.1) is 25.4 Å². The molecule has 0 atom stereocenters. The van der Waals surface area contributed by atoms with Crippen molar-refractivity contribution in [1.82, 2.24) is 0 Å². The summed E-state index contributed by atoms with van der Waals surface area (Å²) in [7, 11) is 0. The SMILES string of the molecule is CCOc1cc(C(=O)Oc2ccc3cc(C(N)=O)c(=O)oc3c2)cc(OCC)c1OCC. The molecule has 1 heterocycles. The quantitative estimate of drug-likeness (QED) is 0.304. The third-order valence-electron chi connectivity index (χ3n) is 4.33. The zero-order chi connectivity index (χ0) is 23.3. The first-order valence-electron chi connectivity index (χ1n) is 10.0. The van der Waals surface area contributed by atoms with Gasteiger partial charge in [-0.2, -0.15) is 0 Å². The van der Waals surface area contributed by atoms with Crippen molar-refractivity contribution in [1.29, 1.82) is 0 Å². The van der Waals surface area contributed by atoms with Crippen molar-refractivity contribution in [2.24, 2.45) is 5.73 Å². The average Bonchev–Trinajstić information content (AvgIpc) is 2.75. The Labute approximate surface area is 183 Å². The predicted octanol–water partition coefficient (Wildman–Crippen LogP) is 3.31. The Balaban J connectivity index is 1.95. The largest absolute Gasteiger partial charge is 0.490 e. The van der Waals surface area contributed by atoms with Gasteiger partial charge in [-0.15, -0.1) is 0 Å². The van der Waals surface area contributed by atoms with Gasteiger partial charge in [-0.1, -0.05) is 0 Å². The Bertz CT molecular complexity index is 1190. The summed E-state index contributed by atoms with van der Waals surface area (Å²) in [4.78, 5) is 36.0. The van der Waals surface area contributed by atoms with Crippen molar-refractivity contribution >= 4 is 22.8 Å². The first-order chi connectivity index (χ1) is 15.4. The van der Waals surface area contributed by atoms with Crippen molar-refractivity contribution in [2.75, 3.05) is 19.8 Å². The summed E-state index contributed by atoms with van der Waals surface area (Å²) in [5.74, 6) is -0.300. The normalized spacial score (nSPS) is 10.6. The van der Waals surface area contributed by atoms with Gasteiger partial charge >= 0.3 is 11.6 Å². The molecule has 0 saturated carbocycles. The molecule has 0 bridgehead atoms. The Morgan fingerprint density at radius 3 is 2.09 bits per heavy atom. The molecule has 0 unspecified atom stereocenters. The lowest BCUT2D eigenvalue weighted by atomic mass is 10.1. The van der Waals surface area contributed by atoms with E-state index in [1.807, 2.05) is 20.8 Å². The van der Waals surface area contributed by atoms with E-state index in [4.69, 9.17) is 29.1 Å². The molecule has 0 fully saturated rings. The van der Waals surface area contributed by atoms with Gasteiger partial charge < -0.3 is 29.1 Å². The molecule has 168 valence electrons. The van der Waals surface area contributed by atoms with E-state index in [9.17, 15) is 14.4 Å². The minimum absolute atomic E-state index is 0.141. The van der Waals surface area contributed by atoms with E-state index in [0.29, 0.717) is 42.5 Å². The van der Waals surface area contributed by atoms with Crippen LogP contribution in [0.1, 0.15) is 41.5 Å². The minimum atomic E-state index is -0.887. The molecule has 0 aliphatic carbocycles. The maximum absolute atomic E-state index is 12.8. The van der Waals surface area contributed by atoms with Crippen LogP contribution in [0.2, 0.25) is 0 Å². The van der Waals surface area contributed by atoms with Crippen LogP contribution in [0.25, 0.3) is 11.0 Å². The van der Waals surface area contributed by atoms with Crippen LogP contribution in [0.15, 0.2) is 45.6 Å². The number of hydrogen-bond acceptors (Lipinski definition) is 8. The van der Waals surface area contributed by atoms with Crippen LogP contribution in [0, 0.1) is 0 Å². The van der Waals surface area contributed by atoms with Gasteiger partial charge in [0.25, 0.3) is 5.91 Å². The van der Waals surface area contributed by atoms with E-state index in [2.05, 4.69) is 0 Å². The maximum Gasteiger partial charge on any atom is 0.349 e. The summed E-state index contributed by atoms with van der Waals surface area (Å²) < 4.78 is 27.4. The molecule has 9 nitrogen and oxygen atoms in total. The minimum Gasteiger partial charge on any atom is -0.490 e. The molecule has 1 aromatic heterocycles. The van der Waals surface area contributed by atoms with Crippen LogP contribution in [0.4, 0.5) is 0 Å². The van der Waals surface area contributed by atoms with Crippen LogP contribution >= 0.6 is 0 Å². The molecular formula is C23H23NO8. The molecule has 2 aromatic carbocycles. The maximum atomic E-state index is 12.8. The van der Waals surface area contributed by atoms with Gasteiger partial charge in [0.1, 0.15) is 16.9 Å². The molecule has 0 radical (unpaired) electrons. The molecule has 0 spiro atoms. The van der Waals surface area contributed by atoms with E-state index >= 15 is 0 Å². The molecule has 3 aromatic rings. The second-order valence-electron chi connectivity index (χ2n) is 6.50. The topological polar surface area (TPSA) is 127 Å². The Hall–Kier alpha value is -4.01. The van der Waals surface area contributed by atoms with Crippen LogP contribution < -0.4 is 30.3 Å². The zero-order valence-corrected chi connectivity index (χ0v) is 17.9. The summed E-state index contributed by atoms with van der Waals surface area (Å²) in [5.41, 5.74) is 4.36. The molecular weight excluding hydrogens is 418 g/mol. The number of amides is 1. The Morgan fingerprint density at radius 2 is 1.53 bits per heavy atom. The lowest BCUT2D eigenvalue weighted by Gasteiger charge is -2.16. The van der Waals surface area contributed by atoms with Crippen LogP contribution in [-0.4, -0.2) is 31.7 Å². The first-order valence-corrected chi connectivity index (χ1v) is 10.0. The molecule has 0 saturated heterocycles. The van der Waals surface area contributed by atoms with E-state index in [-0.39, 0.29) is 22.5 Å². The molecule has 2 N–H and O–H groups in total. The predicted molar refractivity (Wildman–Crippen MR) is 116 cm³/mol. The second kappa shape index (κ2) is 9.86. The molecule has 0 aliphatic rings. The zero-order valence-electron chi connectivity index (χ0n) is 17.9. The number of hydrogen-bond donors (Lipinski definition) is 1. The van der Waals surface area contributed by atoms with Crippen molar-refractivity contribution in [2.45, 2.75) is 20.8 Å². The summed E-state index contributed by atoms with van der Waals surface area (Å²) in [6.07, 6.45) is 0. The van der Waals surface area contributed by atoms with Crippen LogP contribution in [0.3, 0.4) is 0 Å². The molecule has 3 rings (SSSR count). The van der Waals surface area contributed by atoms with Gasteiger partial charge in [-0.3, -0.25) is 4.79 Å². The number of ether oxygens (including phenoxy) is 4. The highest BCUT2D eigenvalue weighted by Crippen LogP contribution is 2.39.